The van der Waals surface area contributed by atoms with Crippen molar-refractivity contribution in [1.29, 1.82) is 0 Å². The van der Waals surface area contributed by atoms with Gasteiger partial charge in [-0.25, -0.2) is 0 Å². The normalized spacial score (nSPS) is 12.0. The number of rotatable bonds is 6. The number of amides is 1. The molecule has 28 heavy (non-hydrogen) atoms. The maximum Gasteiger partial charge on any atom is 0.230 e. The molecule has 0 fully saturated rings. The van der Waals surface area contributed by atoms with Crippen molar-refractivity contribution in [1.82, 2.24) is 20.1 Å². The quantitative estimate of drug-likeness (QED) is 0.505. The van der Waals surface area contributed by atoms with Crippen LogP contribution >= 0.6 is 46.6 Å². The number of carbonyl (C=O) groups excluding carboxylic acids is 1. The Kier molecular flexibility index (Phi) is 6.88. The molecular weight excluding hydrogens is 439 g/mol. The molecule has 1 atom stereocenters. The number of benzene rings is 2. The van der Waals surface area contributed by atoms with Crippen molar-refractivity contribution in [2.75, 3.05) is 5.75 Å². The van der Waals surface area contributed by atoms with Gasteiger partial charge in [-0.2, -0.15) is 0 Å². The van der Waals surface area contributed by atoms with Crippen molar-refractivity contribution in [3.63, 3.8) is 0 Å². The van der Waals surface area contributed by atoms with Crippen LogP contribution in [0.25, 0.3) is 11.4 Å². The van der Waals surface area contributed by atoms with Gasteiger partial charge in [0.2, 0.25) is 5.91 Å². The summed E-state index contributed by atoms with van der Waals surface area (Å²) >= 11 is 19.4. The van der Waals surface area contributed by atoms with Crippen LogP contribution in [0.1, 0.15) is 18.5 Å². The van der Waals surface area contributed by atoms with Crippen LogP contribution in [0.15, 0.2) is 47.6 Å². The van der Waals surface area contributed by atoms with Crippen LogP contribution in [0.3, 0.4) is 0 Å². The Morgan fingerprint density at radius 3 is 2.46 bits per heavy atom. The molecule has 1 aromatic heterocycles. The number of carbonyl (C=O) groups is 1. The molecule has 0 aliphatic heterocycles. The third-order valence-corrected chi connectivity index (χ3v) is 5.91. The molecule has 3 rings (SSSR count). The fraction of sp³-hybridized carbons (Fsp3) is 0.211. The second kappa shape index (κ2) is 9.18. The summed E-state index contributed by atoms with van der Waals surface area (Å²) in [5.41, 5.74) is 1.72. The third kappa shape index (κ3) is 5.00. The van der Waals surface area contributed by atoms with E-state index in [1.165, 1.54) is 11.8 Å². The molecule has 0 saturated carbocycles. The first kappa shape index (κ1) is 21.0. The molecule has 0 spiro atoms. The number of nitrogens with one attached hydrogen (secondary N) is 1. The minimum Gasteiger partial charge on any atom is -0.349 e. The van der Waals surface area contributed by atoms with Gasteiger partial charge < -0.3 is 9.88 Å². The Labute approximate surface area is 182 Å². The van der Waals surface area contributed by atoms with Crippen LogP contribution in [0.5, 0.6) is 0 Å². The van der Waals surface area contributed by atoms with Gasteiger partial charge >= 0.3 is 0 Å². The van der Waals surface area contributed by atoms with E-state index in [-0.39, 0.29) is 17.7 Å². The summed E-state index contributed by atoms with van der Waals surface area (Å²) in [6.07, 6.45) is 0. The Morgan fingerprint density at radius 2 is 1.79 bits per heavy atom. The van der Waals surface area contributed by atoms with E-state index >= 15 is 0 Å². The van der Waals surface area contributed by atoms with E-state index in [1.54, 1.807) is 24.3 Å². The summed E-state index contributed by atoms with van der Waals surface area (Å²) in [6, 6.07) is 12.3. The van der Waals surface area contributed by atoms with Crippen molar-refractivity contribution in [3.05, 3.63) is 63.1 Å². The second-order valence-corrected chi connectivity index (χ2v) is 8.34. The summed E-state index contributed by atoms with van der Waals surface area (Å²) in [7, 11) is 1.86. The van der Waals surface area contributed by atoms with Crippen molar-refractivity contribution >= 4 is 52.5 Å². The van der Waals surface area contributed by atoms with E-state index < -0.39 is 0 Å². The molecule has 0 radical (unpaired) electrons. The molecule has 0 aliphatic rings. The molecule has 0 aliphatic carbocycles. The average molecular weight is 456 g/mol. The van der Waals surface area contributed by atoms with Gasteiger partial charge in [0, 0.05) is 27.7 Å². The van der Waals surface area contributed by atoms with E-state index in [0.29, 0.717) is 26.0 Å². The Hall–Kier alpha value is -1.73. The van der Waals surface area contributed by atoms with Gasteiger partial charge in [-0.3, -0.25) is 4.79 Å². The molecule has 3 aromatic rings. The molecular formula is C19H17Cl3N4OS. The number of aromatic nitrogens is 3. The number of halogens is 3. The fourth-order valence-corrected chi connectivity index (χ4v) is 4.05. The summed E-state index contributed by atoms with van der Waals surface area (Å²) in [4.78, 5) is 12.3. The lowest BCUT2D eigenvalue weighted by Gasteiger charge is -2.15. The monoisotopic (exact) mass is 454 g/mol. The molecule has 0 bridgehead atoms. The Balaban J connectivity index is 1.61. The lowest BCUT2D eigenvalue weighted by Crippen LogP contribution is -2.28. The zero-order valence-electron chi connectivity index (χ0n) is 15.1. The van der Waals surface area contributed by atoms with Gasteiger partial charge in [0.15, 0.2) is 11.0 Å². The van der Waals surface area contributed by atoms with Crippen molar-refractivity contribution in [3.8, 4) is 11.4 Å². The first-order chi connectivity index (χ1) is 13.3. The number of nitrogens with zero attached hydrogens (tertiary/aromatic N) is 3. The maximum atomic E-state index is 12.3. The number of hydrogen-bond donors (Lipinski definition) is 1. The van der Waals surface area contributed by atoms with Crippen LogP contribution in [0, 0.1) is 0 Å². The minimum atomic E-state index is -0.234. The fourth-order valence-electron chi connectivity index (χ4n) is 2.63. The lowest BCUT2D eigenvalue weighted by molar-refractivity contribution is -0.119. The molecule has 1 amide bonds. The predicted octanol–water partition coefficient (Wildman–Crippen LogP) is 5.41. The molecule has 5 nitrogen and oxygen atoms in total. The molecule has 1 unspecified atom stereocenters. The Morgan fingerprint density at radius 1 is 1.11 bits per heavy atom. The van der Waals surface area contributed by atoms with Gasteiger partial charge in [-0.15, -0.1) is 10.2 Å². The SMILES string of the molecule is CC(NC(=O)CSc1nnc(-c2ccc(Cl)cc2)n1C)c1ccc(Cl)cc1Cl. The highest BCUT2D eigenvalue weighted by Crippen LogP contribution is 2.27. The predicted molar refractivity (Wildman–Crippen MR) is 115 cm³/mol. The van der Waals surface area contributed by atoms with Gasteiger partial charge in [-0.1, -0.05) is 52.6 Å². The number of thioether (sulfide) groups is 1. The molecule has 146 valence electrons. The smallest absolute Gasteiger partial charge is 0.230 e. The van der Waals surface area contributed by atoms with E-state index in [2.05, 4.69) is 15.5 Å². The molecule has 1 heterocycles. The van der Waals surface area contributed by atoms with Crippen LogP contribution in [0.4, 0.5) is 0 Å². The molecule has 0 saturated heterocycles. The van der Waals surface area contributed by atoms with Crippen molar-refractivity contribution in [2.45, 2.75) is 18.1 Å². The summed E-state index contributed by atoms with van der Waals surface area (Å²) in [6.45, 7) is 1.87. The first-order valence-electron chi connectivity index (χ1n) is 8.37. The average Bonchev–Trinajstić information content (AvgIpc) is 3.01. The van der Waals surface area contributed by atoms with Crippen molar-refractivity contribution < 1.29 is 4.79 Å². The highest BCUT2D eigenvalue weighted by Gasteiger charge is 2.16. The molecule has 2 aromatic carbocycles. The maximum absolute atomic E-state index is 12.3. The van der Waals surface area contributed by atoms with Gasteiger partial charge in [0.05, 0.1) is 11.8 Å². The van der Waals surface area contributed by atoms with Crippen molar-refractivity contribution in [2.24, 2.45) is 7.05 Å². The van der Waals surface area contributed by atoms with E-state index in [4.69, 9.17) is 34.8 Å². The van der Waals surface area contributed by atoms with Crippen LogP contribution in [-0.4, -0.2) is 26.4 Å². The minimum absolute atomic E-state index is 0.125. The highest BCUT2D eigenvalue weighted by molar-refractivity contribution is 7.99. The molecule has 1 N–H and O–H groups in total. The largest absolute Gasteiger partial charge is 0.349 e. The molecule has 9 heteroatoms. The van der Waals surface area contributed by atoms with Gasteiger partial charge in [-0.05, 0) is 48.9 Å². The summed E-state index contributed by atoms with van der Waals surface area (Å²) in [5, 5.41) is 13.7. The van der Waals surface area contributed by atoms with E-state index in [0.717, 1.165) is 11.1 Å². The van der Waals surface area contributed by atoms with E-state index in [1.807, 2.05) is 36.7 Å². The summed E-state index contributed by atoms with van der Waals surface area (Å²) < 4.78 is 1.85. The van der Waals surface area contributed by atoms with E-state index in [9.17, 15) is 4.79 Å². The highest BCUT2D eigenvalue weighted by atomic mass is 35.5. The van der Waals surface area contributed by atoms with Crippen LogP contribution in [0.2, 0.25) is 15.1 Å². The zero-order chi connectivity index (χ0) is 20.3. The second-order valence-electron chi connectivity index (χ2n) is 6.12. The van der Waals surface area contributed by atoms with Gasteiger partial charge in [0.1, 0.15) is 0 Å². The third-order valence-electron chi connectivity index (χ3n) is 4.08. The number of hydrogen-bond acceptors (Lipinski definition) is 4. The van der Waals surface area contributed by atoms with Crippen LogP contribution in [-0.2, 0) is 11.8 Å². The lowest BCUT2D eigenvalue weighted by atomic mass is 10.1. The zero-order valence-corrected chi connectivity index (χ0v) is 18.2. The van der Waals surface area contributed by atoms with Gasteiger partial charge in [0.25, 0.3) is 0 Å². The Bertz CT molecular complexity index is 991. The topological polar surface area (TPSA) is 59.8 Å². The standard InChI is InChI=1S/C19H17Cl3N4OS/c1-11(15-8-7-14(21)9-16(15)22)23-17(27)10-28-19-25-24-18(26(19)2)12-3-5-13(20)6-4-12/h3-9,11H,10H2,1-2H3,(H,23,27). The first-order valence-corrected chi connectivity index (χ1v) is 10.5. The van der Waals surface area contributed by atoms with Crippen LogP contribution < -0.4 is 5.32 Å². The summed E-state index contributed by atoms with van der Waals surface area (Å²) in [5.74, 6) is 0.794.